The van der Waals surface area contributed by atoms with Crippen LogP contribution in [0, 0.1) is 0 Å². The summed E-state index contributed by atoms with van der Waals surface area (Å²) in [6, 6.07) is 7.33. The van der Waals surface area contributed by atoms with Crippen LogP contribution in [0.4, 0.5) is 5.82 Å². The zero-order valence-corrected chi connectivity index (χ0v) is 7.60. The van der Waals surface area contributed by atoms with Crippen LogP contribution in [-0.2, 0) is 0 Å². The van der Waals surface area contributed by atoms with Crippen molar-refractivity contribution in [2.24, 2.45) is 0 Å². The molecule has 2 N–H and O–H groups in total. The lowest BCUT2D eigenvalue weighted by molar-refractivity contribution is 0.310. The maximum absolute atomic E-state index is 5.54. The molecule has 0 spiro atoms. The Hall–Kier alpha value is -2.04. The van der Waals surface area contributed by atoms with Crippen LogP contribution < -0.4 is 10.5 Å². The Morgan fingerprint density at radius 3 is 2.43 bits per heavy atom. The molecule has 0 radical (unpaired) electrons. The molecule has 0 unspecified atom stereocenters. The van der Waals surface area contributed by atoms with E-state index in [0.29, 0.717) is 5.69 Å². The van der Waals surface area contributed by atoms with Gasteiger partial charge in [-0.2, -0.15) is 0 Å². The Bertz CT molecular complexity index is 422. The standard InChI is InChI=1S/C9H9N3O2/c1-13-7-4-2-6(3-5-7)8-9(10)12-14-11-8/h2-5H,1H3,(H2,10,12). The summed E-state index contributed by atoms with van der Waals surface area (Å²) in [5, 5.41) is 7.19. The number of benzene rings is 1. The first-order valence-electron chi connectivity index (χ1n) is 4.03. The van der Waals surface area contributed by atoms with Crippen molar-refractivity contribution < 1.29 is 9.37 Å². The minimum atomic E-state index is 0.287. The molecule has 0 atom stereocenters. The molecule has 5 nitrogen and oxygen atoms in total. The molecular weight excluding hydrogens is 182 g/mol. The summed E-state index contributed by atoms with van der Waals surface area (Å²) in [5.41, 5.74) is 6.94. The number of methoxy groups -OCH3 is 1. The van der Waals surface area contributed by atoms with Crippen LogP contribution in [0.2, 0.25) is 0 Å². The first-order chi connectivity index (χ1) is 6.81. The van der Waals surface area contributed by atoms with Gasteiger partial charge in [0.25, 0.3) is 0 Å². The van der Waals surface area contributed by atoms with E-state index in [1.54, 1.807) is 7.11 Å². The molecule has 1 aromatic heterocycles. The van der Waals surface area contributed by atoms with Gasteiger partial charge in [0.05, 0.1) is 7.11 Å². The van der Waals surface area contributed by atoms with Gasteiger partial charge in [0, 0.05) is 5.56 Å². The lowest BCUT2D eigenvalue weighted by atomic mass is 10.1. The molecule has 0 aliphatic heterocycles. The smallest absolute Gasteiger partial charge is 0.196 e. The zero-order valence-electron chi connectivity index (χ0n) is 7.60. The molecule has 0 fully saturated rings. The largest absolute Gasteiger partial charge is 0.497 e. The van der Waals surface area contributed by atoms with Gasteiger partial charge in [-0.1, -0.05) is 0 Å². The number of hydrogen-bond donors (Lipinski definition) is 1. The van der Waals surface area contributed by atoms with Crippen LogP contribution in [0.25, 0.3) is 11.3 Å². The molecule has 0 amide bonds. The highest BCUT2D eigenvalue weighted by Gasteiger charge is 2.08. The lowest BCUT2D eigenvalue weighted by Crippen LogP contribution is -1.88. The third kappa shape index (κ3) is 1.39. The van der Waals surface area contributed by atoms with Crippen LogP contribution in [0.5, 0.6) is 5.75 Å². The highest BCUT2D eigenvalue weighted by atomic mass is 16.6. The lowest BCUT2D eigenvalue weighted by Gasteiger charge is -1.99. The van der Waals surface area contributed by atoms with Crippen molar-refractivity contribution >= 4 is 5.82 Å². The quantitative estimate of drug-likeness (QED) is 0.775. The van der Waals surface area contributed by atoms with E-state index >= 15 is 0 Å². The summed E-state index contributed by atoms with van der Waals surface area (Å²) in [6.45, 7) is 0. The van der Waals surface area contributed by atoms with Gasteiger partial charge in [0.2, 0.25) is 0 Å². The van der Waals surface area contributed by atoms with Gasteiger partial charge in [0.15, 0.2) is 11.5 Å². The van der Waals surface area contributed by atoms with E-state index < -0.39 is 0 Å². The Labute approximate surface area is 80.4 Å². The molecule has 2 rings (SSSR count). The summed E-state index contributed by atoms with van der Waals surface area (Å²) in [5.74, 6) is 1.07. The molecule has 0 saturated heterocycles. The van der Waals surface area contributed by atoms with Crippen molar-refractivity contribution in [3.8, 4) is 17.0 Å². The van der Waals surface area contributed by atoms with Gasteiger partial charge in [-0.15, -0.1) is 0 Å². The third-order valence-corrected chi connectivity index (χ3v) is 1.88. The third-order valence-electron chi connectivity index (χ3n) is 1.88. The normalized spacial score (nSPS) is 10.1. The first kappa shape index (κ1) is 8.55. The van der Waals surface area contributed by atoms with Gasteiger partial charge < -0.3 is 10.5 Å². The van der Waals surface area contributed by atoms with Gasteiger partial charge in [-0.05, 0) is 34.6 Å². The number of nitrogens with zero attached hydrogens (tertiary/aromatic N) is 2. The molecule has 1 aromatic carbocycles. The summed E-state index contributed by atoms with van der Waals surface area (Å²) in [7, 11) is 1.61. The van der Waals surface area contributed by atoms with Crippen LogP contribution in [0.3, 0.4) is 0 Å². The van der Waals surface area contributed by atoms with Crippen LogP contribution in [0.1, 0.15) is 0 Å². The second kappa shape index (κ2) is 3.37. The van der Waals surface area contributed by atoms with Crippen molar-refractivity contribution in [3.05, 3.63) is 24.3 Å². The molecule has 72 valence electrons. The highest BCUT2D eigenvalue weighted by Crippen LogP contribution is 2.23. The van der Waals surface area contributed by atoms with E-state index in [0.717, 1.165) is 11.3 Å². The van der Waals surface area contributed by atoms with Gasteiger partial charge in [-0.3, -0.25) is 0 Å². The Morgan fingerprint density at radius 1 is 1.21 bits per heavy atom. The number of aromatic nitrogens is 2. The minimum absolute atomic E-state index is 0.287. The number of hydrogen-bond acceptors (Lipinski definition) is 5. The fourth-order valence-electron chi connectivity index (χ4n) is 1.14. The average Bonchev–Trinajstić information content (AvgIpc) is 2.65. The highest BCUT2D eigenvalue weighted by molar-refractivity contribution is 5.69. The van der Waals surface area contributed by atoms with E-state index in [1.807, 2.05) is 24.3 Å². The maximum atomic E-state index is 5.54. The minimum Gasteiger partial charge on any atom is -0.497 e. The molecule has 0 bridgehead atoms. The number of rotatable bonds is 2. The second-order valence-corrected chi connectivity index (χ2v) is 2.73. The van der Waals surface area contributed by atoms with Crippen LogP contribution in [-0.4, -0.2) is 17.4 Å². The molecule has 0 aliphatic rings. The fourth-order valence-corrected chi connectivity index (χ4v) is 1.14. The predicted molar refractivity (Wildman–Crippen MR) is 50.7 cm³/mol. The van der Waals surface area contributed by atoms with E-state index in [2.05, 4.69) is 14.9 Å². The van der Waals surface area contributed by atoms with Crippen molar-refractivity contribution in [3.63, 3.8) is 0 Å². The molecular formula is C9H9N3O2. The number of nitrogen functional groups attached to an aromatic ring is 1. The molecule has 14 heavy (non-hydrogen) atoms. The Balaban J connectivity index is 2.39. The molecule has 1 heterocycles. The van der Waals surface area contributed by atoms with Crippen molar-refractivity contribution in [2.75, 3.05) is 12.8 Å². The van der Waals surface area contributed by atoms with E-state index in [-0.39, 0.29) is 5.82 Å². The molecule has 0 saturated carbocycles. The van der Waals surface area contributed by atoms with Gasteiger partial charge in [-0.25, -0.2) is 4.63 Å². The summed E-state index contributed by atoms with van der Waals surface area (Å²) in [4.78, 5) is 0. The maximum Gasteiger partial charge on any atom is 0.196 e. The second-order valence-electron chi connectivity index (χ2n) is 2.73. The molecule has 5 heteroatoms. The number of nitrogens with two attached hydrogens (primary N) is 1. The number of ether oxygens (including phenoxy) is 1. The van der Waals surface area contributed by atoms with Gasteiger partial charge >= 0.3 is 0 Å². The van der Waals surface area contributed by atoms with Crippen molar-refractivity contribution in [1.82, 2.24) is 10.3 Å². The average molecular weight is 191 g/mol. The van der Waals surface area contributed by atoms with Crippen molar-refractivity contribution in [1.29, 1.82) is 0 Å². The number of anilines is 1. The summed E-state index contributed by atoms with van der Waals surface area (Å²) >= 11 is 0. The van der Waals surface area contributed by atoms with Gasteiger partial charge in [0.1, 0.15) is 5.75 Å². The fraction of sp³-hybridized carbons (Fsp3) is 0.111. The van der Waals surface area contributed by atoms with E-state index in [1.165, 1.54) is 0 Å². The Kier molecular flexibility index (Phi) is 2.06. The van der Waals surface area contributed by atoms with Crippen LogP contribution >= 0.6 is 0 Å². The zero-order chi connectivity index (χ0) is 9.97. The monoisotopic (exact) mass is 191 g/mol. The van der Waals surface area contributed by atoms with Crippen molar-refractivity contribution in [2.45, 2.75) is 0 Å². The van der Waals surface area contributed by atoms with Crippen LogP contribution in [0.15, 0.2) is 28.9 Å². The van der Waals surface area contributed by atoms with E-state index in [9.17, 15) is 0 Å². The SMILES string of the molecule is COc1ccc(-c2nonc2N)cc1. The first-order valence-corrected chi connectivity index (χ1v) is 4.03. The predicted octanol–water partition coefficient (Wildman–Crippen LogP) is 1.33. The van der Waals surface area contributed by atoms with E-state index in [4.69, 9.17) is 10.5 Å². The topological polar surface area (TPSA) is 74.2 Å². The summed E-state index contributed by atoms with van der Waals surface area (Å²) in [6.07, 6.45) is 0. The molecule has 2 aromatic rings. The summed E-state index contributed by atoms with van der Waals surface area (Å²) < 4.78 is 9.53. The Morgan fingerprint density at radius 2 is 1.93 bits per heavy atom. The molecule has 0 aliphatic carbocycles.